The van der Waals surface area contributed by atoms with E-state index in [0.29, 0.717) is 19.0 Å². The molecule has 2 aliphatic rings. The molecule has 2 aliphatic carbocycles. The van der Waals surface area contributed by atoms with Crippen molar-refractivity contribution in [1.29, 1.82) is 0 Å². The van der Waals surface area contributed by atoms with Crippen LogP contribution < -0.4 is 11.1 Å². The number of nitrogens with one attached hydrogen (secondary N) is 1. The largest absolute Gasteiger partial charge is 0.356 e. The van der Waals surface area contributed by atoms with Gasteiger partial charge in [0.2, 0.25) is 11.8 Å². The summed E-state index contributed by atoms with van der Waals surface area (Å²) in [7, 11) is -1.14. The molecule has 0 heterocycles. The molecule has 26 heavy (non-hydrogen) atoms. The summed E-state index contributed by atoms with van der Waals surface area (Å²) in [6.45, 7) is 0.385. The Labute approximate surface area is 157 Å². The zero-order valence-electron chi connectivity index (χ0n) is 15.9. The van der Waals surface area contributed by atoms with E-state index in [2.05, 4.69) is 5.32 Å². The van der Waals surface area contributed by atoms with E-state index in [1.165, 1.54) is 12.7 Å². The Bertz CT molecular complexity index is 596. The van der Waals surface area contributed by atoms with Crippen LogP contribution in [0.1, 0.15) is 51.4 Å². The van der Waals surface area contributed by atoms with Gasteiger partial charge in [-0.25, -0.2) is 8.42 Å². The van der Waals surface area contributed by atoms with E-state index in [1.54, 1.807) is 0 Å². The molecule has 0 aromatic heterocycles. The van der Waals surface area contributed by atoms with Gasteiger partial charge in [0.25, 0.3) is 0 Å². The zero-order valence-corrected chi connectivity index (χ0v) is 16.8. The van der Waals surface area contributed by atoms with Gasteiger partial charge in [-0.05, 0) is 57.3 Å². The molecule has 0 spiro atoms. The van der Waals surface area contributed by atoms with Gasteiger partial charge in [-0.1, -0.05) is 0 Å². The summed E-state index contributed by atoms with van der Waals surface area (Å²) in [4.78, 5) is 26.5. The van der Waals surface area contributed by atoms with E-state index in [4.69, 9.17) is 5.73 Å². The van der Waals surface area contributed by atoms with Crippen molar-refractivity contribution >= 4 is 21.7 Å². The second-order valence-electron chi connectivity index (χ2n) is 7.95. The van der Waals surface area contributed by atoms with Crippen LogP contribution in [0.5, 0.6) is 0 Å². The number of carbonyl (C=O) groups excluding carboxylic acids is 2. The fourth-order valence-corrected chi connectivity index (χ4v) is 4.49. The molecule has 0 aliphatic heterocycles. The highest BCUT2D eigenvalue weighted by molar-refractivity contribution is 7.90. The summed E-state index contributed by atoms with van der Waals surface area (Å²) in [5.74, 6) is 0.188. The Morgan fingerprint density at radius 2 is 1.77 bits per heavy atom. The second-order valence-corrected chi connectivity index (χ2v) is 10.2. The van der Waals surface area contributed by atoms with Crippen molar-refractivity contribution in [2.75, 3.05) is 25.6 Å². The number of amides is 2. The van der Waals surface area contributed by atoms with Gasteiger partial charge in [0.15, 0.2) is 0 Å². The summed E-state index contributed by atoms with van der Waals surface area (Å²) in [5, 5.41) is 2.83. The number of nitrogens with two attached hydrogens (primary N) is 1. The average Bonchev–Trinajstić information content (AvgIpc) is 2.55. The van der Waals surface area contributed by atoms with Gasteiger partial charge in [-0.2, -0.15) is 0 Å². The van der Waals surface area contributed by atoms with Crippen molar-refractivity contribution < 1.29 is 18.0 Å². The lowest BCUT2D eigenvalue weighted by Gasteiger charge is -2.38. The number of nitrogens with zero attached hydrogens (tertiary/aromatic N) is 1. The molecule has 7 nitrogen and oxygen atoms in total. The van der Waals surface area contributed by atoms with Crippen LogP contribution in [0.15, 0.2) is 0 Å². The van der Waals surface area contributed by atoms with E-state index in [9.17, 15) is 18.0 Å². The first-order chi connectivity index (χ1) is 12.2. The number of hydrogen-bond acceptors (Lipinski definition) is 5. The van der Waals surface area contributed by atoms with Gasteiger partial charge in [-0.15, -0.1) is 0 Å². The minimum atomic E-state index is -2.98. The highest BCUT2D eigenvalue weighted by Crippen LogP contribution is 2.32. The topological polar surface area (TPSA) is 110 Å². The maximum absolute atomic E-state index is 12.5. The van der Waals surface area contributed by atoms with E-state index in [0.717, 1.165) is 38.5 Å². The smallest absolute Gasteiger partial charge is 0.239 e. The molecule has 150 valence electrons. The predicted octanol–water partition coefficient (Wildman–Crippen LogP) is 0.682. The van der Waals surface area contributed by atoms with Gasteiger partial charge >= 0.3 is 0 Å². The van der Waals surface area contributed by atoms with Crippen LogP contribution >= 0.6 is 0 Å². The third-order valence-corrected chi connectivity index (χ3v) is 6.93. The SMILES string of the molecule is CN(C(=O)[C@@H](N)C1CCC(C(=O)NCCCS(C)(=O)=O)CC1)C1CCC1. The van der Waals surface area contributed by atoms with E-state index in [1.807, 2.05) is 11.9 Å². The molecule has 0 unspecified atom stereocenters. The summed E-state index contributed by atoms with van der Waals surface area (Å²) in [6, 6.07) is -0.123. The van der Waals surface area contributed by atoms with Gasteiger partial charge in [0.05, 0.1) is 11.8 Å². The van der Waals surface area contributed by atoms with Crippen molar-refractivity contribution in [3.63, 3.8) is 0 Å². The Kier molecular flexibility index (Phi) is 7.46. The fraction of sp³-hybridized carbons (Fsp3) is 0.889. The quantitative estimate of drug-likeness (QED) is 0.595. The molecule has 0 bridgehead atoms. The van der Waals surface area contributed by atoms with Crippen molar-refractivity contribution in [1.82, 2.24) is 10.2 Å². The molecule has 0 radical (unpaired) electrons. The average molecular weight is 388 g/mol. The fourth-order valence-electron chi connectivity index (χ4n) is 3.82. The Morgan fingerprint density at radius 1 is 1.15 bits per heavy atom. The number of hydrogen-bond donors (Lipinski definition) is 2. The van der Waals surface area contributed by atoms with Crippen LogP contribution in [-0.2, 0) is 19.4 Å². The normalized spacial score (nSPS) is 25.2. The Hall–Kier alpha value is -1.15. The second kappa shape index (κ2) is 9.17. The van der Waals surface area contributed by atoms with Crippen LogP contribution in [0, 0.1) is 11.8 Å². The molecule has 2 saturated carbocycles. The lowest BCUT2D eigenvalue weighted by Crippen LogP contribution is -2.52. The summed E-state index contributed by atoms with van der Waals surface area (Å²) >= 11 is 0. The molecule has 0 aromatic carbocycles. The van der Waals surface area contributed by atoms with E-state index in [-0.39, 0.29) is 29.4 Å². The molecule has 0 saturated heterocycles. The van der Waals surface area contributed by atoms with E-state index < -0.39 is 15.9 Å². The van der Waals surface area contributed by atoms with Crippen molar-refractivity contribution in [3.05, 3.63) is 0 Å². The van der Waals surface area contributed by atoms with Gasteiger partial charge in [0.1, 0.15) is 9.84 Å². The van der Waals surface area contributed by atoms with Crippen LogP contribution in [0.3, 0.4) is 0 Å². The Morgan fingerprint density at radius 3 is 2.27 bits per heavy atom. The van der Waals surface area contributed by atoms with E-state index >= 15 is 0 Å². The maximum atomic E-state index is 12.5. The molecule has 3 N–H and O–H groups in total. The van der Waals surface area contributed by atoms with Crippen LogP contribution in [-0.4, -0.2) is 62.8 Å². The van der Waals surface area contributed by atoms with Gasteiger partial charge < -0.3 is 16.0 Å². The molecule has 2 amide bonds. The molecule has 0 aromatic rings. The first kappa shape index (κ1) is 21.2. The van der Waals surface area contributed by atoms with Crippen LogP contribution in [0.2, 0.25) is 0 Å². The van der Waals surface area contributed by atoms with Gasteiger partial charge in [-0.3, -0.25) is 9.59 Å². The lowest BCUT2D eigenvalue weighted by atomic mass is 9.77. The standard InChI is InChI=1S/C18H33N3O4S/c1-21(15-5-3-6-15)18(23)16(19)13-7-9-14(10-8-13)17(22)20-11-4-12-26(2,24)25/h13-16H,3-12,19H2,1-2H3,(H,20,22)/t13?,14?,16-/m0/s1. The third kappa shape index (κ3) is 5.94. The highest BCUT2D eigenvalue weighted by Gasteiger charge is 2.35. The summed E-state index contributed by atoms with van der Waals surface area (Å²) in [5.41, 5.74) is 6.22. The maximum Gasteiger partial charge on any atom is 0.239 e. The lowest BCUT2D eigenvalue weighted by molar-refractivity contribution is -0.136. The highest BCUT2D eigenvalue weighted by atomic mass is 32.2. The van der Waals surface area contributed by atoms with Gasteiger partial charge in [0, 0.05) is 31.8 Å². The molecule has 2 fully saturated rings. The number of rotatable bonds is 8. The zero-order chi connectivity index (χ0) is 19.3. The minimum Gasteiger partial charge on any atom is -0.356 e. The summed E-state index contributed by atoms with van der Waals surface area (Å²) < 4.78 is 22.2. The van der Waals surface area contributed by atoms with Crippen molar-refractivity contribution in [3.8, 4) is 0 Å². The van der Waals surface area contributed by atoms with Crippen LogP contribution in [0.25, 0.3) is 0 Å². The first-order valence-electron chi connectivity index (χ1n) is 9.66. The molecular weight excluding hydrogens is 354 g/mol. The monoisotopic (exact) mass is 387 g/mol. The number of carbonyl (C=O) groups is 2. The van der Waals surface area contributed by atoms with Crippen LogP contribution in [0.4, 0.5) is 0 Å². The summed E-state index contributed by atoms with van der Waals surface area (Å²) in [6.07, 6.45) is 7.99. The Balaban J connectivity index is 1.70. The molecule has 1 atom stereocenters. The minimum absolute atomic E-state index is 0.0107. The van der Waals surface area contributed by atoms with Crippen molar-refractivity contribution in [2.24, 2.45) is 17.6 Å². The molecular formula is C18H33N3O4S. The first-order valence-corrected chi connectivity index (χ1v) is 11.7. The molecule has 2 rings (SSSR count). The number of sulfone groups is 1. The molecule has 8 heteroatoms. The predicted molar refractivity (Wildman–Crippen MR) is 101 cm³/mol. The van der Waals surface area contributed by atoms with Crippen molar-refractivity contribution in [2.45, 2.75) is 63.5 Å². The third-order valence-electron chi connectivity index (χ3n) is 5.90. The number of likely N-dealkylation sites (N-methyl/N-ethyl adjacent to an activating group) is 1.